The number of nitrogens with one attached hydrogen (secondary N) is 1. The van der Waals surface area contributed by atoms with Crippen molar-refractivity contribution in [2.24, 2.45) is 0 Å². The predicted molar refractivity (Wildman–Crippen MR) is 110 cm³/mol. The molecule has 2 aromatic carbocycles. The van der Waals surface area contributed by atoms with E-state index in [0.717, 1.165) is 35.3 Å². The highest BCUT2D eigenvalue weighted by Crippen LogP contribution is 2.36. The molecule has 1 amide bonds. The van der Waals surface area contributed by atoms with Gasteiger partial charge in [-0.3, -0.25) is 4.79 Å². The Kier molecular flexibility index (Phi) is 4.92. The lowest BCUT2D eigenvalue weighted by Gasteiger charge is -2.12. The molecular weight excluding hydrogens is 374 g/mol. The second-order valence-electron chi connectivity index (χ2n) is 6.82. The fourth-order valence-electron chi connectivity index (χ4n) is 3.60. The molecule has 1 aliphatic carbocycles. The number of halogens is 1. The van der Waals surface area contributed by atoms with Crippen molar-refractivity contribution >= 4 is 23.6 Å². The summed E-state index contributed by atoms with van der Waals surface area (Å²) in [5.41, 5.74) is 4.22. The number of phenolic OH excluding ortho intramolecular Hbond substituents is 1. The van der Waals surface area contributed by atoms with Gasteiger partial charge in [0, 0.05) is 11.6 Å². The monoisotopic (exact) mass is 393 g/mol. The van der Waals surface area contributed by atoms with Crippen molar-refractivity contribution < 1.29 is 9.90 Å². The third-order valence-corrected chi connectivity index (χ3v) is 5.38. The van der Waals surface area contributed by atoms with E-state index in [1.165, 1.54) is 6.08 Å². The van der Waals surface area contributed by atoms with E-state index in [9.17, 15) is 9.90 Å². The van der Waals surface area contributed by atoms with Gasteiger partial charge in [0.1, 0.15) is 10.9 Å². The molecule has 5 nitrogen and oxygen atoms in total. The number of benzene rings is 2. The van der Waals surface area contributed by atoms with Gasteiger partial charge < -0.3 is 10.4 Å². The zero-order valence-electron chi connectivity index (χ0n) is 15.4. The van der Waals surface area contributed by atoms with Gasteiger partial charge in [-0.05, 0) is 55.2 Å². The van der Waals surface area contributed by atoms with Gasteiger partial charge in [0.15, 0.2) is 0 Å². The highest BCUT2D eigenvalue weighted by atomic mass is 35.5. The van der Waals surface area contributed by atoms with E-state index in [0.29, 0.717) is 16.5 Å². The van der Waals surface area contributed by atoms with Crippen LogP contribution < -0.4 is 5.32 Å². The first kappa shape index (κ1) is 18.3. The van der Waals surface area contributed by atoms with Crippen LogP contribution in [0.25, 0.3) is 11.8 Å². The van der Waals surface area contributed by atoms with Crippen LogP contribution in [0.4, 0.5) is 0 Å². The molecule has 3 aromatic rings. The lowest BCUT2D eigenvalue weighted by atomic mass is 10.1. The van der Waals surface area contributed by atoms with E-state index in [1.54, 1.807) is 22.9 Å². The summed E-state index contributed by atoms with van der Waals surface area (Å²) in [6.45, 7) is 1.86. The SMILES string of the molecule is Cc1nn(-c2ccccc2)c(Cl)c1/C=C/C(=O)NC1CCc2c(O)cccc21. The fourth-order valence-corrected chi connectivity index (χ4v) is 3.94. The molecular formula is C22H20ClN3O2. The number of aryl methyl sites for hydroxylation is 1. The molecule has 0 fully saturated rings. The Morgan fingerprint density at radius 1 is 1.25 bits per heavy atom. The largest absolute Gasteiger partial charge is 0.508 e. The lowest BCUT2D eigenvalue weighted by Crippen LogP contribution is -2.25. The van der Waals surface area contributed by atoms with Crippen molar-refractivity contribution in [2.45, 2.75) is 25.8 Å². The third kappa shape index (κ3) is 3.41. The van der Waals surface area contributed by atoms with E-state index in [1.807, 2.05) is 43.3 Å². The fraction of sp³-hybridized carbons (Fsp3) is 0.182. The van der Waals surface area contributed by atoms with Gasteiger partial charge in [0.25, 0.3) is 0 Å². The minimum absolute atomic E-state index is 0.0946. The highest BCUT2D eigenvalue weighted by Gasteiger charge is 2.25. The molecule has 2 N–H and O–H groups in total. The molecule has 0 aliphatic heterocycles. The Balaban J connectivity index is 1.51. The van der Waals surface area contributed by atoms with Crippen LogP contribution in [0.2, 0.25) is 5.15 Å². The first-order valence-corrected chi connectivity index (χ1v) is 9.52. The van der Waals surface area contributed by atoms with Gasteiger partial charge in [-0.15, -0.1) is 0 Å². The van der Waals surface area contributed by atoms with Crippen molar-refractivity contribution in [1.29, 1.82) is 0 Å². The van der Waals surface area contributed by atoms with Crippen molar-refractivity contribution in [1.82, 2.24) is 15.1 Å². The Bertz CT molecular complexity index is 1060. The molecule has 28 heavy (non-hydrogen) atoms. The van der Waals surface area contributed by atoms with Gasteiger partial charge in [-0.2, -0.15) is 5.10 Å². The summed E-state index contributed by atoms with van der Waals surface area (Å²) >= 11 is 6.49. The quantitative estimate of drug-likeness (QED) is 0.647. The van der Waals surface area contributed by atoms with Crippen LogP contribution in [-0.4, -0.2) is 20.8 Å². The minimum Gasteiger partial charge on any atom is -0.508 e. The second kappa shape index (κ2) is 7.52. The number of aromatic nitrogens is 2. The number of para-hydroxylation sites is 1. The zero-order chi connectivity index (χ0) is 19.7. The number of carbonyl (C=O) groups is 1. The average Bonchev–Trinajstić information content (AvgIpc) is 3.23. The number of amides is 1. The Labute approximate surface area is 168 Å². The van der Waals surface area contributed by atoms with Crippen LogP contribution in [0, 0.1) is 6.92 Å². The summed E-state index contributed by atoms with van der Waals surface area (Å²) in [6, 6.07) is 14.9. The van der Waals surface area contributed by atoms with Crippen LogP contribution in [0.3, 0.4) is 0 Å². The molecule has 1 atom stereocenters. The first-order chi connectivity index (χ1) is 13.5. The summed E-state index contributed by atoms with van der Waals surface area (Å²) in [5, 5.41) is 17.9. The van der Waals surface area contributed by atoms with Gasteiger partial charge in [0.2, 0.25) is 5.91 Å². The normalized spacial score (nSPS) is 15.7. The highest BCUT2D eigenvalue weighted by molar-refractivity contribution is 6.31. The van der Waals surface area contributed by atoms with E-state index < -0.39 is 0 Å². The molecule has 0 saturated heterocycles. The maximum atomic E-state index is 12.4. The number of aromatic hydroxyl groups is 1. The molecule has 0 radical (unpaired) electrons. The molecule has 1 aromatic heterocycles. The van der Waals surface area contributed by atoms with Crippen LogP contribution >= 0.6 is 11.6 Å². The molecule has 6 heteroatoms. The van der Waals surface area contributed by atoms with Crippen LogP contribution in [0.15, 0.2) is 54.6 Å². The summed E-state index contributed by atoms with van der Waals surface area (Å²) in [4.78, 5) is 12.4. The predicted octanol–water partition coefficient (Wildman–Crippen LogP) is 4.36. The van der Waals surface area contributed by atoms with Gasteiger partial charge in [-0.25, -0.2) is 4.68 Å². The Hall–Kier alpha value is -3.05. The maximum absolute atomic E-state index is 12.4. The lowest BCUT2D eigenvalue weighted by molar-refractivity contribution is -0.117. The molecule has 1 unspecified atom stereocenters. The number of nitrogens with zero attached hydrogens (tertiary/aromatic N) is 2. The van der Waals surface area contributed by atoms with Crippen LogP contribution in [0.5, 0.6) is 5.75 Å². The number of carbonyl (C=O) groups excluding carboxylic acids is 1. The number of fused-ring (bicyclic) bond motifs is 1. The molecule has 142 valence electrons. The van der Waals surface area contributed by atoms with Crippen LogP contribution in [0.1, 0.15) is 34.8 Å². The number of hydrogen-bond acceptors (Lipinski definition) is 3. The Morgan fingerprint density at radius 2 is 2.04 bits per heavy atom. The van der Waals surface area contributed by atoms with Gasteiger partial charge >= 0.3 is 0 Å². The van der Waals surface area contributed by atoms with Crippen molar-refractivity contribution in [3.63, 3.8) is 0 Å². The number of rotatable bonds is 4. The average molecular weight is 394 g/mol. The van der Waals surface area contributed by atoms with E-state index in [2.05, 4.69) is 10.4 Å². The standard InChI is InChI=1S/C22H20ClN3O2/c1-14-16(22(23)26(25-14)15-6-3-2-4-7-15)11-13-21(28)24-19-12-10-18-17(19)8-5-9-20(18)27/h2-9,11,13,19,27H,10,12H2,1H3,(H,24,28)/b13-11+. The third-order valence-electron chi connectivity index (χ3n) is 5.01. The van der Waals surface area contributed by atoms with E-state index in [-0.39, 0.29) is 11.9 Å². The van der Waals surface area contributed by atoms with Crippen molar-refractivity contribution in [3.8, 4) is 11.4 Å². The molecule has 1 aliphatic rings. The molecule has 4 rings (SSSR count). The second-order valence-corrected chi connectivity index (χ2v) is 7.17. The van der Waals surface area contributed by atoms with Gasteiger partial charge in [0.05, 0.1) is 17.4 Å². The number of hydrogen-bond donors (Lipinski definition) is 2. The summed E-state index contributed by atoms with van der Waals surface area (Å²) in [5.74, 6) is 0.0876. The summed E-state index contributed by atoms with van der Waals surface area (Å²) < 4.78 is 1.66. The molecule has 0 saturated carbocycles. The van der Waals surface area contributed by atoms with E-state index in [4.69, 9.17) is 11.6 Å². The molecule has 0 spiro atoms. The van der Waals surface area contributed by atoms with Crippen LogP contribution in [-0.2, 0) is 11.2 Å². The molecule has 0 bridgehead atoms. The number of phenols is 1. The topological polar surface area (TPSA) is 67.2 Å². The maximum Gasteiger partial charge on any atom is 0.244 e. The smallest absolute Gasteiger partial charge is 0.244 e. The molecule has 1 heterocycles. The van der Waals surface area contributed by atoms with Gasteiger partial charge in [-0.1, -0.05) is 41.9 Å². The van der Waals surface area contributed by atoms with Crippen molar-refractivity contribution in [2.75, 3.05) is 0 Å². The summed E-state index contributed by atoms with van der Waals surface area (Å²) in [6.07, 6.45) is 4.70. The summed E-state index contributed by atoms with van der Waals surface area (Å²) in [7, 11) is 0. The van der Waals surface area contributed by atoms with E-state index >= 15 is 0 Å². The zero-order valence-corrected chi connectivity index (χ0v) is 16.1. The Morgan fingerprint density at radius 3 is 2.82 bits per heavy atom. The minimum atomic E-state index is -0.205. The van der Waals surface area contributed by atoms with Crippen molar-refractivity contribution in [3.05, 3.63) is 82.1 Å². The first-order valence-electron chi connectivity index (χ1n) is 9.14.